The van der Waals surface area contributed by atoms with Gasteiger partial charge in [0.15, 0.2) is 0 Å². The van der Waals surface area contributed by atoms with Crippen molar-refractivity contribution in [1.29, 1.82) is 0 Å². The van der Waals surface area contributed by atoms with E-state index in [9.17, 15) is 9.59 Å². The smallest absolute Gasteiger partial charge is 0.293 e. The van der Waals surface area contributed by atoms with Gasteiger partial charge in [-0.1, -0.05) is 48.0 Å². The summed E-state index contributed by atoms with van der Waals surface area (Å²) in [7, 11) is 0. The Bertz CT molecular complexity index is 1060. The molecule has 1 fully saturated rings. The zero-order valence-corrected chi connectivity index (χ0v) is 16.1. The number of aromatic nitrogens is 1. The lowest BCUT2D eigenvalue weighted by molar-refractivity contribution is -0.122. The second kappa shape index (κ2) is 7.08. The number of thioether (sulfide) groups is 1. The lowest BCUT2D eigenvalue weighted by Gasteiger charge is -2.06. The number of likely N-dealkylation sites (N-methyl/N-ethyl adjacent to an activating group) is 1. The first-order valence-corrected chi connectivity index (χ1v) is 9.77. The van der Waals surface area contributed by atoms with E-state index in [-0.39, 0.29) is 11.1 Å². The monoisotopic (exact) mass is 376 g/mol. The van der Waals surface area contributed by atoms with Crippen LogP contribution in [-0.4, -0.2) is 27.2 Å². The van der Waals surface area contributed by atoms with Crippen LogP contribution in [0, 0.1) is 6.92 Å². The maximum Gasteiger partial charge on any atom is 0.293 e. The number of para-hydroxylation sites is 1. The lowest BCUT2D eigenvalue weighted by Crippen LogP contribution is -2.27. The zero-order valence-electron chi connectivity index (χ0n) is 15.3. The first-order valence-electron chi connectivity index (χ1n) is 8.95. The summed E-state index contributed by atoms with van der Waals surface area (Å²) >= 11 is 1.01. The molecule has 0 N–H and O–H groups in total. The number of hydrogen-bond donors (Lipinski definition) is 0. The quantitative estimate of drug-likeness (QED) is 0.598. The summed E-state index contributed by atoms with van der Waals surface area (Å²) in [6.45, 7) is 5.05. The minimum absolute atomic E-state index is 0.197. The second-order valence-electron chi connectivity index (χ2n) is 6.64. The number of amides is 2. The molecule has 3 aromatic rings. The number of rotatable bonds is 4. The van der Waals surface area contributed by atoms with Crippen molar-refractivity contribution < 1.29 is 9.59 Å². The SMILES string of the molecule is CCN1C(=O)S/C(=C/c2cn(Cc3ccc(C)cc3)c3ccccc23)C1=O. The van der Waals surface area contributed by atoms with Crippen LogP contribution in [0.25, 0.3) is 17.0 Å². The summed E-state index contributed by atoms with van der Waals surface area (Å²) in [6.07, 6.45) is 3.90. The summed E-state index contributed by atoms with van der Waals surface area (Å²) in [5.74, 6) is -0.206. The van der Waals surface area contributed by atoms with Gasteiger partial charge in [0.1, 0.15) is 0 Å². The fraction of sp³-hybridized carbons (Fsp3) is 0.182. The van der Waals surface area contributed by atoms with Crippen LogP contribution in [-0.2, 0) is 11.3 Å². The van der Waals surface area contributed by atoms with Gasteiger partial charge in [0.2, 0.25) is 0 Å². The Morgan fingerprint density at radius 3 is 2.48 bits per heavy atom. The highest BCUT2D eigenvalue weighted by Crippen LogP contribution is 2.34. The van der Waals surface area contributed by atoms with Crippen LogP contribution >= 0.6 is 11.8 Å². The number of imide groups is 1. The van der Waals surface area contributed by atoms with Gasteiger partial charge in [0.05, 0.1) is 4.91 Å². The molecular formula is C22H20N2O2S. The Kier molecular flexibility index (Phi) is 4.62. The Balaban J connectivity index is 1.74. The molecular weight excluding hydrogens is 356 g/mol. The molecule has 1 aliphatic heterocycles. The largest absolute Gasteiger partial charge is 0.342 e. The van der Waals surface area contributed by atoms with E-state index >= 15 is 0 Å². The molecule has 0 radical (unpaired) electrons. The van der Waals surface area contributed by atoms with E-state index in [0.29, 0.717) is 11.4 Å². The first kappa shape index (κ1) is 17.6. The number of aryl methyl sites for hydroxylation is 1. The van der Waals surface area contributed by atoms with Gasteiger partial charge in [-0.3, -0.25) is 14.5 Å². The third kappa shape index (κ3) is 3.30. The molecule has 136 valence electrons. The van der Waals surface area contributed by atoms with Crippen LogP contribution in [0.15, 0.2) is 59.6 Å². The standard InChI is InChI=1S/C22H20N2O2S/c1-3-24-21(25)20(27-22(24)26)12-17-14-23(19-7-5-4-6-18(17)19)13-16-10-8-15(2)9-11-16/h4-12,14H,3,13H2,1-2H3/b20-12+. The number of hydrogen-bond acceptors (Lipinski definition) is 3. The topological polar surface area (TPSA) is 42.3 Å². The van der Waals surface area contributed by atoms with Crippen molar-refractivity contribution in [3.63, 3.8) is 0 Å². The fourth-order valence-corrected chi connectivity index (χ4v) is 4.22. The minimum atomic E-state index is -0.206. The molecule has 2 aromatic carbocycles. The highest BCUT2D eigenvalue weighted by molar-refractivity contribution is 8.18. The highest BCUT2D eigenvalue weighted by atomic mass is 32.2. The molecule has 0 aliphatic carbocycles. The Hall–Kier alpha value is -2.79. The molecule has 2 amide bonds. The minimum Gasteiger partial charge on any atom is -0.342 e. The summed E-state index contributed by atoms with van der Waals surface area (Å²) in [4.78, 5) is 26.2. The van der Waals surface area contributed by atoms with Gasteiger partial charge in [0, 0.05) is 35.8 Å². The summed E-state index contributed by atoms with van der Waals surface area (Å²) in [5, 5.41) is 0.880. The van der Waals surface area contributed by atoms with Crippen LogP contribution in [0.3, 0.4) is 0 Å². The van der Waals surface area contributed by atoms with Crippen LogP contribution in [0.2, 0.25) is 0 Å². The van der Waals surface area contributed by atoms with E-state index in [1.165, 1.54) is 16.0 Å². The van der Waals surface area contributed by atoms with Crippen molar-refractivity contribution in [3.8, 4) is 0 Å². The van der Waals surface area contributed by atoms with Crippen LogP contribution < -0.4 is 0 Å². The molecule has 0 spiro atoms. The number of nitrogens with zero attached hydrogens (tertiary/aromatic N) is 2. The van der Waals surface area contributed by atoms with E-state index in [1.807, 2.05) is 25.1 Å². The van der Waals surface area contributed by atoms with Gasteiger partial charge >= 0.3 is 0 Å². The molecule has 0 bridgehead atoms. The van der Waals surface area contributed by atoms with Crippen LogP contribution in [0.5, 0.6) is 0 Å². The molecule has 27 heavy (non-hydrogen) atoms. The highest BCUT2D eigenvalue weighted by Gasteiger charge is 2.33. The molecule has 0 unspecified atom stereocenters. The van der Waals surface area contributed by atoms with E-state index in [0.717, 1.165) is 34.8 Å². The van der Waals surface area contributed by atoms with Gasteiger partial charge in [-0.2, -0.15) is 0 Å². The zero-order chi connectivity index (χ0) is 19.0. The molecule has 1 aliphatic rings. The average molecular weight is 376 g/mol. The van der Waals surface area contributed by atoms with Gasteiger partial charge in [-0.25, -0.2) is 0 Å². The first-order chi connectivity index (χ1) is 13.1. The molecule has 4 rings (SSSR count). The number of benzene rings is 2. The molecule has 1 aromatic heterocycles. The summed E-state index contributed by atoms with van der Waals surface area (Å²) < 4.78 is 2.19. The molecule has 5 heteroatoms. The molecule has 1 saturated heterocycles. The van der Waals surface area contributed by atoms with E-state index in [4.69, 9.17) is 0 Å². The normalized spacial score (nSPS) is 16.1. The molecule has 4 nitrogen and oxygen atoms in total. The Morgan fingerprint density at radius 1 is 1.04 bits per heavy atom. The Labute approximate surface area is 162 Å². The molecule has 0 atom stereocenters. The van der Waals surface area contributed by atoms with Crippen LogP contribution in [0.1, 0.15) is 23.6 Å². The molecule has 0 saturated carbocycles. The van der Waals surface area contributed by atoms with Crippen molar-refractivity contribution >= 4 is 39.9 Å². The second-order valence-corrected chi connectivity index (χ2v) is 7.63. The summed E-state index contributed by atoms with van der Waals surface area (Å²) in [6, 6.07) is 16.6. The van der Waals surface area contributed by atoms with Crippen molar-refractivity contribution in [1.82, 2.24) is 9.47 Å². The number of carbonyl (C=O) groups is 2. The van der Waals surface area contributed by atoms with Crippen LogP contribution in [0.4, 0.5) is 4.79 Å². The van der Waals surface area contributed by atoms with Crippen molar-refractivity contribution in [2.75, 3.05) is 6.54 Å². The third-order valence-electron chi connectivity index (χ3n) is 4.77. The van der Waals surface area contributed by atoms with Gasteiger partial charge < -0.3 is 4.57 Å². The van der Waals surface area contributed by atoms with Gasteiger partial charge in [0.25, 0.3) is 11.1 Å². The molecule has 2 heterocycles. The van der Waals surface area contributed by atoms with Gasteiger partial charge in [-0.05, 0) is 43.3 Å². The average Bonchev–Trinajstić information content (AvgIpc) is 3.14. The third-order valence-corrected chi connectivity index (χ3v) is 5.68. The predicted molar refractivity (Wildman–Crippen MR) is 111 cm³/mol. The van der Waals surface area contributed by atoms with E-state index in [1.54, 1.807) is 0 Å². The fourth-order valence-electron chi connectivity index (χ4n) is 3.33. The van der Waals surface area contributed by atoms with Crippen molar-refractivity contribution in [2.24, 2.45) is 0 Å². The predicted octanol–water partition coefficient (Wildman–Crippen LogP) is 5.05. The van der Waals surface area contributed by atoms with Crippen molar-refractivity contribution in [3.05, 3.63) is 76.3 Å². The van der Waals surface area contributed by atoms with E-state index in [2.05, 4.69) is 54.1 Å². The number of carbonyl (C=O) groups excluding carboxylic acids is 2. The van der Waals surface area contributed by atoms with Crippen molar-refractivity contribution in [2.45, 2.75) is 20.4 Å². The lowest BCUT2D eigenvalue weighted by atomic mass is 10.1. The summed E-state index contributed by atoms with van der Waals surface area (Å²) in [5.41, 5.74) is 4.53. The van der Waals surface area contributed by atoms with E-state index < -0.39 is 0 Å². The maximum absolute atomic E-state index is 12.4. The maximum atomic E-state index is 12.4. The number of fused-ring (bicyclic) bond motifs is 1. The Morgan fingerprint density at radius 2 is 1.78 bits per heavy atom. The van der Waals surface area contributed by atoms with Gasteiger partial charge in [-0.15, -0.1) is 0 Å².